The van der Waals surface area contributed by atoms with Gasteiger partial charge < -0.3 is 4.90 Å². The number of amides is 1. The predicted octanol–water partition coefficient (Wildman–Crippen LogP) is 4.66. The van der Waals surface area contributed by atoms with Crippen molar-refractivity contribution in [1.29, 1.82) is 0 Å². The quantitative estimate of drug-likeness (QED) is 0.774. The van der Waals surface area contributed by atoms with E-state index in [9.17, 15) is 4.79 Å². The maximum atomic E-state index is 12.6. The van der Waals surface area contributed by atoms with Crippen molar-refractivity contribution < 1.29 is 4.79 Å². The molecule has 0 fully saturated rings. The number of halogens is 1. The molecule has 0 N–H and O–H groups in total. The van der Waals surface area contributed by atoms with Crippen LogP contribution in [0.1, 0.15) is 18.1 Å². The van der Waals surface area contributed by atoms with Crippen LogP contribution in [0.25, 0.3) is 0 Å². The van der Waals surface area contributed by atoms with E-state index >= 15 is 0 Å². The maximum absolute atomic E-state index is 12.6. The van der Waals surface area contributed by atoms with Gasteiger partial charge in [-0.3, -0.25) is 4.79 Å². The Balaban J connectivity index is 1.62. The first kappa shape index (κ1) is 15.6. The number of carbonyl (C=O) groups is 1. The molecule has 3 rings (SSSR count). The van der Waals surface area contributed by atoms with Crippen molar-refractivity contribution in [1.82, 2.24) is 0 Å². The maximum Gasteiger partial charge on any atom is 0.237 e. The van der Waals surface area contributed by atoms with Crippen molar-refractivity contribution in [2.75, 3.05) is 10.7 Å². The molecule has 0 aromatic heterocycles. The third-order valence-electron chi connectivity index (χ3n) is 3.92. The number of nitrogens with zero attached hydrogens (tertiary/aromatic N) is 1. The van der Waals surface area contributed by atoms with Crippen LogP contribution in [0.3, 0.4) is 0 Å². The molecule has 0 radical (unpaired) electrons. The first-order valence-electron chi connectivity index (χ1n) is 7.38. The van der Waals surface area contributed by atoms with Gasteiger partial charge >= 0.3 is 0 Å². The average Bonchev–Trinajstić information content (AvgIpc) is 2.85. The molecule has 0 saturated carbocycles. The molecule has 2 aromatic carbocycles. The van der Waals surface area contributed by atoms with Crippen molar-refractivity contribution in [3.05, 3.63) is 64.1 Å². The summed E-state index contributed by atoms with van der Waals surface area (Å²) >= 11 is 5.22. The zero-order valence-electron chi connectivity index (χ0n) is 12.5. The van der Waals surface area contributed by atoms with Gasteiger partial charge in [0.25, 0.3) is 0 Å². The van der Waals surface area contributed by atoms with Gasteiger partial charge in [0.05, 0.1) is 5.75 Å². The Morgan fingerprint density at radius 2 is 1.95 bits per heavy atom. The Bertz CT molecular complexity index is 688. The molecule has 0 spiro atoms. The van der Waals surface area contributed by atoms with Gasteiger partial charge in [0, 0.05) is 22.0 Å². The summed E-state index contributed by atoms with van der Waals surface area (Å²) in [6.45, 7) is 2.12. The second-order valence-corrected chi connectivity index (χ2v) is 7.37. The number of thioether (sulfide) groups is 1. The molecule has 1 aliphatic rings. The van der Waals surface area contributed by atoms with E-state index < -0.39 is 0 Å². The number of hydrogen-bond acceptors (Lipinski definition) is 2. The van der Waals surface area contributed by atoms with Gasteiger partial charge in [-0.15, -0.1) is 11.8 Å². The smallest absolute Gasteiger partial charge is 0.237 e. The lowest BCUT2D eigenvalue weighted by Gasteiger charge is -2.22. The normalized spacial score (nSPS) is 16.6. The predicted molar refractivity (Wildman–Crippen MR) is 97.4 cm³/mol. The Morgan fingerprint density at radius 3 is 2.77 bits per heavy atom. The molecule has 1 heterocycles. The molecule has 2 aromatic rings. The second kappa shape index (κ2) is 6.88. The van der Waals surface area contributed by atoms with Gasteiger partial charge in [0.15, 0.2) is 0 Å². The Hall–Kier alpha value is -1.26. The van der Waals surface area contributed by atoms with Crippen LogP contribution in [0.5, 0.6) is 0 Å². The molecule has 0 unspecified atom stereocenters. The molecule has 1 aliphatic heterocycles. The van der Waals surface area contributed by atoms with E-state index in [2.05, 4.69) is 41.1 Å². The molecule has 22 heavy (non-hydrogen) atoms. The molecule has 114 valence electrons. The van der Waals surface area contributed by atoms with Crippen LogP contribution in [0.4, 0.5) is 5.69 Å². The third kappa shape index (κ3) is 3.23. The monoisotopic (exact) mass is 375 g/mol. The summed E-state index contributed by atoms with van der Waals surface area (Å²) in [5, 5.41) is 0. The first-order chi connectivity index (χ1) is 10.7. The van der Waals surface area contributed by atoms with E-state index in [4.69, 9.17) is 0 Å². The summed E-state index contributed by atoms with van der Waals surface area (Å²) in [6, 6.07) is 16.6. The summed E-state index contributed by atoms with van der Waals surface area (Å²) in [5.41, 5.74) is 3.59. The van der Waals surface area contributed by atoms with E-state index in [0.29, 0.717) is 5.75 Å². The van der Waals surface area contributed by atoms with Crippen molar-refractivity contribution in [2.45, 2.75) is 25.1 Å². The van der Waals surface area contributed by atoms with Crippen LogP contribution < -0.4 is 4.90 Å². The topological polar surface area (TPSA) is 20.3 Å². The van der Waals surface area contributed by atoms with E-state index in [0.717, 1.165) is 22.3 Å². The summed E-state index contributed by atoms with van der Waals surface area (Å²) in [4.78, 5) is 14.5. The van der Waals surface area contributed by atoms with Crippen LogP contribution in [0, 0.1) is 0 Å². The second-order valence-electron chi connectivity index (χ2n) is 5.53. The fourth-order valence-corrected chi connectivity index (χ4v) is 4.38. The minimum atomic E-state index is 0.203. The minimum absolute atomic E-state index is 0.203. The highest BCUT2D eigenvalue weighted by Crippen LogP contribution is 2.32. The molecule has 1 atom stereocenters. The van der Waals surface area contributed by atoms with Crippen molar-refractivity contribution >= 4 is 39.3 Å². The van der Waals surface area contributed by atoms with Crippen LogP contribution in [0.15, 0.2) is 53.0 Å². The lowest BCUT2D eigenvalue weighted by molar-refractivity contribution is -0.116. The number of fused-ring (bicyclic) bond motifs is 1. The molecular formula is C18H18BrNOS. The summed E-state index contributed by atoms with van der Waals surface area (Å²) in [7, 11) is 0. The van der Waals surface area contributed by atoms with Gasteiger partial charge in [-0.25, -0.2) is 0 Å². The summed E-state index contributed by atoms with van der Waals surface area (Å²) < 4.78 is 1.11. The lowest BCUT2D eigenvalue weighted by Crippen LogP contribution is -2.37. The highest BCUT2D eigenvalue weighted by atomic mass is 79.9. The highest BCUT2D eigenvalue weighted by Gasteiger charge is 2.30. The van der Waals surface area contributed by atoms with E-state index in [1.807, 2.05) is 35.2 Å². The van der Waals surface area contributed by atoms with Gasteiger partial charge in [-0.05, 0) is 36.6 Å². The Kier molecular flexibility index (Phi) is 4.89. The Labute approximate surface area is 144 Å². The first-order valence-corrected chi connectivity index (χ1v) is 9.32. The largest absolute Gasteiger partial charge is 0.308 e. The van der Waals surface area contributed by atoms with Crippen LogP contribution in [-0.2, 0) is 17.0 Å². The summed E-state index contributed by atoms with van der Waals surface area (Å²) in [5.74, 6) is 1.56. The highest BCUT2D eigenvalue weighted by molar-refractivity contribution is 9.10. The lowest BCUT2D eigenvalue weighted by atomic mass is 10.1. The fraction of sp³-hybridized carbons (Fsp3) is 0.278. The number of benzene rings is 2. The average molecular weight is 376 g/mol. The standard InChI is InChI=1S/C18H18BrNOS/c1-13-10-14-6-3-5-9-17(14)20(13)18(21)12-22-11-15-7-2-4-8-16(15)19/h2-9,13H,10-12H2,1H3/t13-/m0/s1. The molecule has 4 heteroatoms. The van der Waals surface area contributed by atoms with E-state index in [-0.39, 0.29) is 11.9 Å². The molecule has 2 nitrogen and oxygen atoms in total. The fourth-order valence-electron chi connectivity index (χ4n) is 2.88. The van der Waals surface area contributed by atoms with Crippen LogP contribution in [0.2, 0.25) is 0 Å². The summed E-state index contributed by atoms with van der Waals surface area (Å²) in [6.07, 6.45) is 0.955. The zero-order chi connectivity index (χ0) is 15.5. The third-order valence-corrected chi connectivity index (χ3v) is 5.66. The Morgan fingerprint density at radius 1 is 1.23 bits per heavy atom. The molecule has 0 saturated heterocycles. The van der Waals surface area contributed by atoms with E-state index in [1.54, 1.807) is 11.8 Å². The molecule has 0 bridgehead atoms. The van der Waals surface area contributed by atoms with Crippen LogP contribution in [-0.4, -0.2) is 17.7 Å². The van der Waals surface area contributed by atoms with Gasteiger partial charge in [-0.1, -0.05) is 52.3 Å². The van der Waals surface area contributed by atoms with Gasteiger partial charge in [0.1, 0.15) is 0 Å². The van der Waals surface area contributed by atoms with Crippen LogP contribution >= 0.6 is 27.7 Å². The number of hydrogen-bond donors (Lipinski definition) is 0. The van der Waals surface area contributed by atoms with Crippen molar-refractivity contribution in [2.24, 2.45) is 0 Å². The zero-order valence-corrected chi connectivity index (χ0v) is 14.9. The van der Waals surface area contributed by atoms with Gasteiger partial charge in [0.2, 0.25) is 5.91 Å². The molecule has 1 amide bonds. The number of rotatable bonds is 4. The number of para-hydroxylation sites is 1. The molecular weight excluding hydrogens is 358 g/mol. The van der Waals surface area contributed by atoms with Gasteiger partial charge in [-0.2, -0.15) is 0 Å². The van der Waals surface area contributed by atoms with Crippen molar-refractivity contribution in [3.63, 3.8) is 0 Å². The van der Waals surface area contributed by atoms with Crippen molar-refractivity contribution in [3.8, 4) is 0 Å². The molecule has 0 aliphatic carbocycles. The SMILES string of the molecule is C[C@H]1Cc2ccccc2N1C(=O)CSCc1ccccc1Br. The van der Waals surface area contributed by atoms with E-state index in [1.165, 1.54) is 11.1 Å². The minimum Gasteiger partial charge on any atom is -0.308 e. The number of anilines is 1. The number of carbonyl (C=O) groups excluding carboxylic acids is 1.